The van der Waals surface area contributed by atoms with Gasteiger partial charge in [0.2, 0.25) is 0 Å². The standard InChI is InChI=1S/C10H16Cl2O/c1-6(2)13-8-5-3-4-7-9(8)10(7,11)12/h6-9H,3-5H2,1-2H3/t7-,8-,9+/m1/s1. The predicted octanol–water partition coefficient (Wildman–Crippen LogP) is 3.38. The van der Waals surface area contributed by atoms with Gasteiger partial charge in [0.15, 0.2) is 0 Å². The summed E-state index contributed by atoms with van der Waals surface area (Å²) in [6.45, 7) is 4.13. The number of ether oxygens (including phenoxy) is 1. The molecule has 0 aromatic heterocycles. The summed E-state index contributed by atoms with van der Waals surface area (Å²) in [4.78, 5) is 0. The lowest BCUT2D eigenvalue weighted by molar-refractivity contribution is -0.0211. The van der Waals surface area contributed by atoms with Crippen LogP contribution in [0.15, 0.2) is 0 Å². The minimum atomic E-state index is -0.476. The molecule has 0 aromatic carbocycles. The quantitative estimate of drug-likeness (QED) is 0.652. The third kappa shape index (κ3) is 1.71. The van der Waals surface area contributed by atoms with Gasteiger partial charge in [-0.05, 0) is 26.7 Å². The zero-order valence-electron chi connectivity index (χ0n) is 8.09. The first-order chi connectivity index (χ1) is 6.03. The van der Waals surface area contributed by atoms with Crippen LogP contribution in [0.1, 0.15) is 33.1 Å². The smallest absolute Gasteiger partial charge is 0.127 e. The van der Waals surface area contributed by atoms with E-state index in [1.165, 1.54) is 12.8 Å². The number of fused-ring (bicyclic) bond motifs is 1. The van der Waals surface area contributed by atoms with Crippen LogP contribution in [0, 0.1) is 11.8 Å². The van der Waals surface area contributed by atoms with E-state index >= 15 is 0 Å². The molecule has 0 saturated heterocycles. The van der Waals surface area contributed by atoms with Gasteiger partial charge in [0.25, 0.3) is 0 Å². The van der Waals surface area contributed by atoms with Gasteiger partial charge in [0.05, 0.1) is 12.2 Å². The van der Waals surface area contributed by atoms with Crippen molar-refractivity contribution in [3.8, 4) is 0 Å². The van der Waals surface area contributed by atoms with E-state index in [9.17, 15) is 0 Å². The summed E-state index contributed by atoms with van der Waals surface area (Å²) in [7, 11) is 0. The van der Waals surface area contributed by atoms with E-state index in [4.69, 9.17) is 27.9 Å². The molecule has 2 fully saturated rings. The summed E-state index contributed by atoms with van der Waals surface area (Å²) < 4.78 is 5.34. The first-order valence-corrected chi connectivity index (χ1v) is 5.82. The summed E-state index contributed by atoms with van der Waals surface area (Å²) in [6, 6.07) is 0. The Morgan fingerprint density at radius 2 is 2.00 bits per heavy atom. The Bertz CT molecular complexity index is 203. The van der Waals surface area contributed by atoms with Gasteiger partial charge < -0.3 is 4.74 Å². The van der Waals surface area contributed by atoms with Crippen LogP contribution in [-0.2, 0) is 4.74 Å². The van der Waals surface area contributed by atoms with Gasteiger partial charge in [0.1, 0.15) is 4.33 Å². The molecule has 0 aromatic rings. The van der Waals surface area contributed by atoms with E-state index < -0.39 is 4.33 Å². The average molecular weight is 223 g/mol. The topological polar surface area (TPSA) is 9.23 Å². The Morgan fingerprint density at radius 3 is 2.62 bits per heavy atom. The highest BCUT2D eigenvalue weighted by atomic mass is 35.5. The van der Waals surface area contributed by atoms with Gasteiger partial charge in [-0.3, -0.25) is 0 Å². The van der Waals surface area contributed by atoms with Crippen LogP contribution in [0.3, 0.4) is 0 Å². The van der Waals surface area contributed by atoms with Crippen LogP contribution >= 0.6 is 23.2 Å². The molecule has 76 valence electrons. The van der Waals surface area contributed by atoms with Gasteiger partial charge in [-0.1, -0.05) is 6.42 Å². The molecule has 0 N–H and O–H groups in total. The predicted molar refractivity (Wildman–Crippen MR) is 55.3 cm³/mol. The lowest BCUT2D eigenvalue weighted by Crippen LogP contribution is -2.24. The van der Waals surface area contributed by atoms with Gasteiger partial charge >= 0.3 is 0 Å². The van der Waals surface area contributed by atoms with Crippen molar-refractivity contribution >= 4 is 23.2 Å². The van der Waals surface area contributed by atoms with Gasteiger partial charge in [-0.15, -0.1) is 23.2 Å². The van der Waals surface area contributed by atoms with Crippen molar-refractivity contribution in [2.45, 2.75) is 49.7 Å². The maximum atomic E-state index is 6.18. The molecule has 2 rings (SSSR count). The molecule has 2 aliphatic carbocycles. The summed E-state index contributed by atoms with van der Waals surface area (Å²) in [5.41, 5.74) is 0. The Kier molecular flexibility index (Phi) is 2.55. The Morgan fingerprint density at radius 1 is 1.31 bits per heavy atom. The molecule has 0 spiro atoms. The lowest BCUT2D eigenvalue weighted by Gasteiger charge is -2.23. The Hall–Kier alpha value is 0.540. The fourth-order valence-corrected chi connectivity index (χ4v) is 3.47. The molecule has 0 unspecified atom stereocenters. The van der Waals surface area contributed by atoms with Crippen LogP contribution in [-0.4, -0.2) is 16.5 Å². The molecule has 0 amide bonds. The van der Waals surface area contributed by atoms with Crippen molar-refractivity contribution in [3.63, 3.8) is 0 Å². The number of halogens is 2. The molecule has 3 heteroatoms. The highest BCUT2D eigenvalue weighted by molar-refractivity contribution is 6.51. The summed E-state index contributed by atoms with van der Waals surface area (Å²) >= 11 is 12.4. The largest absolute Gasteiger partial charge is 0.375 e. The summed E-state index contributed by atoms with van der Waals surface area (Å²) in [5.74, 6) is 0.889. The lowest BCUT2D eigenvalue weighted by atomic mass is 9.98. The summed E-state index contributed by atoms with van der Waals surface area (Å²) in [6.07, 6.45) is 4.10. The van der Waals surface area contributed by atoms with Crippen molar-refractivity contribution in [1.82, 2.24) is 0 Å². The molecule has 0 radical (unpaired) electrons. The number of hydrogen-bond donors (Lipinski definition) is 0. The van der Waals surface area contributed by atoms with Crippen molar-refractivity contribution in [1.29, 1.82) is 0 Å². The zero-order chi connectivity index (χ0) is 9.64. The van der Waals surface area contributed by atoms with Crippen LogP contribution in [0.4, 0.5) is 0 Å². The number of alkyl halides is 2. The van der Waals surface area contributed by atoms with E-state index in [1.807, 2.05) is 0 Å². The van der Waals surface area contributed by atoms with Crippen molar-refractivity contribution in [3.05, 3.63) is 0 Å². The summed E-state index contributed by atoms with van der Waals surface area (Å²) in [5, 5.41) is 0. The minimum Gasteiger partial charge on any atom is -0.375 e. The van der Waals surface area contributed by atoms with E-state index in [1.54, 1.807) is 0 Å². The first kappa shape index (κ1) is 10.1. The van der Waals surface area contributed by atoms with Crippen LogP contribution in [0.5, 0.6) is 0 Å². The molecular formula is C10H16Cl2O. The third-order valence-electron chi connectivity index (χ3n) is 3.11. The molecule has 1 nitrogen and oxygen atoms in total. The molecule has 2 saturated carbocycles. The van der Waals surface area contributed by atoms with E-state index in [0.717, 1.165) is 6.42 Å². The monoisotopic (exact) mass is 222 g/mol. The van der Waals surface area contributed by atoms with E-state index in [2.05, 4.69) is 13.8 Å². The molecule has 0 bridgehead atoms. The van der Waals surface area contributed by atoms with Crippen LogP contribution in [0.25, 0.3) is 0 Å². The molecular weight excluding hydrogens is 207 g/mol. The van der Waals surface area contributed by atoms with E-state index in [0.29, 0.717) is 17.9 Å². The maximum absolute atomic E-state index is 6.18. The van der Waals surface area contributed by atoms with Gasteiger partial charge in [0, 0.05) is 11.8 Å². The van der Waals surface area contributed by atoms with E-state index in [-0.39, 0.29) is 6.10 Å². The Balaban J connectivity index is 1.98. The second kappa shape index (κ2) is 3.29. The van der Waals surface area contributed by atoms with Crippen LogP contribution in [0.2, 0.25) is 0 Å². The third-order valence-corrected chi connectivity index (χ3v) is 4.18. The SMILES string of the molecule is CC(C)O[C@@H]1CCC[C@@H]2[C@@H]1C2(Cl)Cl. The maximum Gasteiger partial charge on any atom is 0.127 e. The average Bonchev–Trinajstić information content (AvgIpc) is 2.55. The van der Waals surface area contributed by atoms with Crippen molar-refractivity contribution in [2.75, 3.05) is 0 Å². The minimum absolute atomic E-state index is 0.286. The highest BCUT2D eigenvalue weighted by Gasteiger charge is 2.67. The fraction of sp³-hybridized carbons (Fsp3) is 1.00. The van der Waals surface area contributed by atoms with Crippen molar-refractivity contribution in [2.24, 2.45) is 11.8 Å². The van der Waals surface area contributed by atoms with Crippen molar-refractivity contribution < 1.29 is 4.74 Å². The first-order valence-electron chi connectivity index (χ1n) is 5.06. The molecule has 0 heterocycles. The number of rotatable bonds is 2. The van der Waals surface area contributed by atoms with Crippen LogP contribution < -0.4 is 0 Å². The zero-order valence-corrected chi connectivity index (χ0v) is 9.61. The molecule has 0 aliphatic heterocycles. The normalized spacial score (nSPS) is 41.8. The molecule has 13 heavy (non-hydrogen) atoms. The fourth-order valence-electron chi connectivity index (χ4n) is 2.52. The van der Waals surface area contributed by atoms with Gasteiger partial charge in [-0.25, -0.2) is 0 Å². The molecule has 3 atom stereocenters. The number of hydrogen-bond acceptors (Lipinski definition) is 1. The second-order valence-electron chi connectivity index (χ2n) is 4.46. The molecule has 2 aliphatic rings. The highest BCUT2D eigenvalue weighted by Crippen LogP contribution is 2.65. The Labute approximate surface area is 89.7 Å². The van der Waals surface area contributed by atoms with Gasteiger partial charge in [-0.2, -0.15) is 0 Å². The second-order valence-corrected chi connectivity index (χ2v) is 5.91.